The van der Waals surface area contributed by atoms with Crippen LogP contribution in [0.25, 0.3) is 22.2 Å². The van der Waals surface area contributed by atoms with E-state index in [1.807, 2.05) is 36.4 Å². The van der Waals surface area contributed by atoms with Gasteiger partial charge in [0.05, 0.1) is 13.7 Å². The van der Waals surface area contributed by atoms with E-state index in [0.717, 1.165) is 42.2 Å². The van der Waals surface area contributed by atoms with Crippen LogP contribution in [0, 0.1) is 5.92 Å². The highest BCUT2D eigenvalue weighted by Crippen LogP contribution is 2.32. The molecule has 2 heterocycles. The number of para-hydroxylation sites is 1. The lowest BCUT2D eigenvalue weighted by atomic mass is 10.0. The lowest BCUT2D eigenvalue weighted by Gasteiger charge is -2.10. The lowest BCUT2D eigenvalue weighted by molar-refractivity contribution is -0.121. The molecular weight excluding hydrogens is 352 g/mol. The van der Waals surface area contributed by atoms with Crippen molar-refractivity contribution in [1.82, 2.24) is 10.3 Å². The Morgan fingerprint density at radius 1 is 1.21 bits per heavy atom. The molecule has 0 bridgehead atoms. The summed E-state index contributed by atoms with van der Waals surface area (Å²) in [6.45, 7) is 2.27. The number of benzene rings is 2. The number of fused-ring (bicyclic) bond motifs is 1. The number of methoxy groups -OCH3 is 1. The average Bonchev–Trinajstić information content (AvgIpc) is 3.38. The number of H-pyrrole nitrogens is 1. The van der Waals surface area contributed by atoms with Crippen molar-refractivity contribution in [3.63, 3.8) is 0 Å². The molecule has 5 heteroatoms. The lowest BCUT2D eigenvalue weighted by Crippen LogP contribution is -2.29. The van der Waals surface area contributed by atoms with Crippen LogP contribution >= 0.6 is 0 Å². The van der Waals surface area contributed by atoms with Crippen LogP contribution in [0.4, 0.5) is 0 Å². The number of carbonyl (C=O) groups excluding carboxylic acids is 1. The number of ether oxygens (including phenoxy) is 2. The van der Waals surface area contributed by atoms with Gasteiger partial charge in [-0.05, 0) is 54.3 Å². The number of carbonyl (C=O) groups is 1. The van der Waals surface area contributed by atoms with E-state index in [9.17, 15) is 4.79 Å². The zero-order chi connectivity index (χ0) is 19.3. The van der Waals surface area contributed by atoms with Crippen molar-refractivity contribution in [3.05, 3.63) is 54.1 Å². The van der Waals surface area contributed by atoms with Gasteiger partial charge in [-0.2, -0.15) is 0 Å². The molecular formula is C23H26N2O3. The molecule has 1 aliphatic rings. The number of rotatable bonds is 7. The molecule has 1 amide bonds. The fourth-order valence-corrected chi connectivity index (χ4v) is 3.79. The van der Waals surface area contributed by atoms with Crippen LogP contribution in [-0.4, -0.2) is 37.8 Å². The van der Waals surface area contributed by atoms with Crippen molar-refractivity contribution in [2.75, 3.05) is 26.9 Å². The smallest absolute Gasteiger partial charge is 0.220 e. The van der Waals surface area contributed by atoms with Gasteiger partial charge in [0.25, 0.3) is 0 Å². The van der Waals surface area contributed by atoms with E-state index in [1.165, 1.54) is 10.9 Å². The summed E-state index contributed by atoms with van der Waals surface area (Å²) in [7, 11) is 1.67. The maximum Gasteiger partial charge on any atom is 0.220 e. The molecule has 0 aliphatic carbocycles. The second-order valence-corrected chi connectivity index (χ2v) is 7.29. The summed E-state index contributed by atoms with van der Waals surface area (Å²) in [4.78, 5) is 15.9. The van der Waals surface area contributed by atoms with Crippen LogP contribution < -0.4 is 10.1 Å². The van der Waals surface area contributed by atoms with Crippen LogP contribution in [0.2, 0.25) is 0 Å². The number of aryl methyl sites for hydroxylation is 1. The highest BCUT2D eigenvalue weighted by molar-refractivity contribution is 5.91. The molecule has 1 saturated heterocycles. The van der Waals surface area contributed by atoms with E-state index in [4.69, 9.17) is 9.47 Å². The summed E-state index contributed by atoms with van der Waals surface area (Å²) in [6, 6.07) is 16.3. The van der Waals surface area contributed by atoms with Gasteiger partial charge in [0.2, 0.25) is 5.91 Å². The van der Waals surface area contributed by atoms with E-state index < -0.39 is 0 Å². The van der Waals surface area contributed by atoms with E-state index in [1.54, 1.807) is 7.11 Å². The topological polar surface area (TPSA) is 63.4 Å². The number of nitrogens with one attached hydrogen (secondary N) is 2. The Labute approximate surface area is 165 Å². The number of aromatic amines is 1. The summed E-state index contributed by atoms with van der Waals surface area (Å²) in [5, 5.41) is 4.24. The van der Waals surface area contributed by atoms with Crippen molar-refractivity contribution < 1.29 is 14.3 Å². The van der Waals surface area contributed by atoms with Gasteiger partial charge in [-0.15, -0.1) is 0 Å². The quantitative estimate of drug-likeness (QED) is 0.655. The molecule has 4 rings (SSSR count). The zero-order valence-corrected chi connectivity index (χ0v) is 16.2. The molecule has 1 unspecified atom stereocenters. The summed E-state index contributed by atoms with van der Waals surface area (Å²) in [5.74, 6) is 1.38. The monoisotopic (exact) mass is 378 g/mol. The molecule has 1 aliphatic heterocycles. The maximum atomic E-state index is 12.4. The second-order valence-electron chi connectivity index (χ2n) is 7.29. The van der Waals surface area contributed by atoms with E-state index in [-0.39, 0.29) is 5.91 Å². The molecule has 0 radical (unpaired) electrons. The molecule has 28 heavy (non-hydrogen) atoms. The first-order chi connectivity index (χ1) is 13.7. The van der Waals surface area contributed by atoms with Crippen molar-refractivity contribution in [1.29, 1.82) is 0 Å². The minimum atomic E-state index is 0.0952. The van der Waals surface area contributed by atoms with Crippen molar-refractivity contribution >= 4 is 16.8 Å². The minimum absolute atomic E-state index is 0.0952. The number of hydrogen-bond donors (Lipinski definition) is 2. The molecule has 3 aromatic rings. The predicted molar refractivity (Wildman–Crippen MR) is 111 cm³/mol. The van der Waals surface area contributed by atoms with Gasteiger partial charge < -0.3 is 19.8 Å². The SMILES string of the molecule is COc1ccc(-c2[nH]c3ccccc3c2CCC(=O)NCC2CCOC2)cc1. The largest absolute Gasteiger partial charge is 0.497 e. The van der Waals surface area contributed by atoms with Crippen LogP contribution in [0.15, 0.2) is 48.5 Å². The van der Waals surface area contributed by atoms with Gasteiger partial charge >= 0.3 is 0 Å². The minimum Gasteiger partial charge on any atom is -0.497 e. The first-order valence-electron chi connectivity index (χ1n) is 9.83. The van der Waals surface area contributed by atoms with Crippen LogP contribution in [0.5, 0.6) is 5.75 Å². The van der Waals surface area contributed by atoms with Gasteiger partial charge in [-0.25, -0.2) is 0 Å². The molecule has 1 fully saturated rings. The fraction of sp³-hybridized carbons (Fsp3) is 0.348. The highest BCUT2D eigenvalue weighted by Gasteiger charge is 2.18. The summed E-state index contributed by atoms with van der Waals surface area (Å²) < 4.78 is 10.6. The van der Waals surface area contributed by atoms with Crippen LogP contribution in [-0.2, 0) is 16.0 Å². The first-order valence-corrected chi connectivity index (χ1v) is 9.83. The number of aromatic nitrogens is 1. The maximum absolute atomic E-state index is 12.4. The Bertz CT molecular complexity index is 940. The van der Waals surface area contributed by atoms with Gasteiger partial charge in [-0.3, -0.25) is 4.79 Å². The van der Waals surface area contributed by atoms with Gasteiger partial charge in [0.1, 0.15) is 5.75 Å². The van der Waals surface area contributed by atoms with Gasteiger partial charge in [0.15, 0.2) is 0 Å². The van der Waals surface area contributed by atoms with Crippen molar-refractivity contribution in [2.45, 2.75) is 19.3 Å². The Balaban J connectivity index is 1.52. The summed E-state index contributed by atoms with van der Waals surface area (Å²) in [6.07, 6.45) is 2.20. The fourth-order valence-electron chi connectivity index (χ4n) is 3.79. The Kier molecular flexibility index (Phi) is 5.63. The van der Waals surface area contributed by atoms with Gasteiger partial charge in [-0.1, -0.05) is 18.2 Å². The van der Waals surface area contributed by atoms with Crippen LogP contribution in [0.3, 0.4) is 0 Å². The number of hydrogen-bond acceptors (Lipinski definition) is 3. The molecule has 0 spiro atoms. The predicted octanol–water partition coefficient (Wildman–Crippen LogP) is 3.93. The Morgan fingerprint density at radius 2 is 2.04 bits per heavy atom. The first kappa shape index (κ1) is 18.6. The Morgan fingerprint density at radius 3 is 2.79 bits per heavy atom. The second kappa shape index (κ2) is 8.48. The molecule has 1 atom stereocenters. The summed E-state index contributed by atoms with van der Waals surface area (Å²) >= 11 is 0. The molecule has 0 saturated carbocycles. The van der Waals surface area contributed by atoms with E-state index >= 15 is 0 Å². The highest BCUT2D eigenvalue weighted by atomic mass is 16.5. The van der Waals surface area contributed by atoms with E-state index in [0.29, 0.717) is 25.3 Å². The normalized spacial score (nSPS) is 16.4. The standard InChI is InChI=1S/C23H26N2O3/c1-27-18-8-6-17(7-9-18)23-20(19-4-2-3-5-21(19)25-23)10-11-22(26)24-14-16-12-13-28-15-16/h2-9,16,25H,10-15H2,1H3,(H,24,26). The summed E-state index contributed by atoms with van der Waals surface area (Å²) in [5.41, 5.74) is 4.43. The van der Waals surface area contributed by atoms with E-state index in [2.05, 4.69) is 22.4 Å². The van der Waals surface area contributed by atoms with Crippen molar-refractivity contribution in [3.8, 4) is 17.0 Å². The average molecular weight is 378 g/mol. The third kappa shape index (κ3) is 4.04. The molecule has 2 aromatic carbocycles. The third-order valence-electron chi connectivity index (χ3n) is 5.41. The van der Waals surface area contributed by atoms with Gasteiger partial charge in [0, 0.05) is 42.1 Å². The van der Waals surface area contributed by atoms with Crippen LogP contribution in [0.1, 0.15) is 18.4 Å². The Hall–Kier alpha value is -2.79. The molecule has 1 aromatic heterocycles. The third-order valence-corrected chi connectivity index (χ3v) is 5.41. The molecule has 5 nitrogen and oxygen atoms in total. The number of amides is 1. The van der Waals surface area contributed by atoms with Crippen molar-refractivity contribution in [2.24, 2.45) is 5.92 Å². The molecule has 146 valence electrons. The zero-order valence-electron chi connectivity index (χ0n) is 16.2. The molecule has 2 N–H and O–H groups in total.